The first-order chi connectivity index (χ1) is 12.5. The molecule has 1 heterocycles. The van der Waals surface area contributed by atoms with Crippen molar-refractivity contribution >= 4 is 11.7 Å². The first-order valence-electron chi connectivity index (χ1n) is 8.47. The molecule has 0 radical (unpaired) electrons. The lowest BCUT2D eigenvalue weighted by molar-refractivity contribution is -0.117. The van der Waals surface area contributed by atoms with Crippen molar-refractivity contribution in [2.45, 2.75) is 27.3 Å². The van der Waals surface area contributed by atoms with Crippen molar-refractivity contribution < 1.29 is 9.59 Å². The second-order valence-corrected chi connectivity index (χ2v) is 6.23. The summed E-state index contributed by atoms with van der Waals surface area (Å²) in [6, 6.07) is 17.3. The molecule has 3 aromatic rings. The van der Waals surface area contributed by atoms with Crippen LogP contribution in [0, 0.1) is 20.8 Å². The Morgan fingerprint density at radius 3 is 2.31 bits per heavy atom. The summed E-state index contributed by atoms with van der Waals surface area (Å²) in [5, 5.41) is 7.15. The minimum absolute atomic E-state index is 0.322. The van der Waals surface area contributed by atoms with Gasteiger partial charge >= 0.3 is 0 Å². The quantitative estimate of drug-likeness (QED) is 0.569. The van der Waals surface area contributed by atoms with E-state index in [4.69, 9.17) is 0 Å². The Kier molecular flexibility index (Phi) is 4.98. The van der Waals surface area contributed by atoms with Gasteiger partial charge in [0.1, 0.15) is 0 Å². The predicted molar refractivity (Wildman–Crippen MR) is 100 cm³/mol. The van der Waals surface area contributed by atoms with Gasteiger partial charge in [-0.2, -0.15) is 5.10 Å². The van der Waals surface area contributed by atoms with E-state index in [-0.39, 0.29) is 0 Å². The third-order valence-corrected chi connectivity index (χ3v) is 4.43. The summed E-state index contributed by atoms with van der Waals surface area (Å²) in [5.74, 6) is -1.18. The molecule has 0 unspecified atom stereocenters. The van der Waals surface area contributed by atoms with Gasteiger partial charge in [0.15, 0.2) is 0 Å². The van der Waals surface area contributed by atoms with Crippen LogP contribution < -0.4 is 5.32 Å². The van der Waals surface area contributed by atoms with Crippen molar-refractivity contribution in [3.63, 3.8) is 0 Å². The number of rotatable bonds is 5. The van der Waals surface area contributed by atoms with Crippen molar-refractivity contribution in [2.75, 3.05) is 0 Å². The minimum atomic E-state index is -0.618. The van der Waals surface area contributed by atoms with E-state index in [0.29, 0.717) is 23.5 Å². The Hall–Kier alpha value is -3.21. The van der Waals surface area contributed by atoms with E-state index in [0.717, 1.165) is 16.8 Å². The molecule has 0 saturated carbocycles. The summed E-state index contributed by atoms with van der Waals surface area (Å²) in [6.07, 6.45) is 0. The third-order valence-electron chi connectivity index (χ3n) is 4.43. The Bertz CT molecular complexity index is 959. The fraction of sp³-hybridized carbons (Fsp3) is 0.190. The monoisotopic (exact) mass is 347 g/mol. The second-order valence-electron chi connectivity index (χ2n) is 6.23. The van der Waals surface area contributed by atoms with E-state index < -0.39 is 11.7 Å². The lowest BCUT2D eigenvalue weighted by atomic mass is 10.1. The van der Waals surface area contributed by atoms with Crippen LogP contribution in [0.5, 0.6) is 0 Å². The van der Waals surface area contributed by atoms with Crippen LogP contribution >= 0.6 is 0 Å². The molecule has 1 aromatic heterocycles. The first-order valence-corrected chi connectivity index (χ1v) is 8.47. The largest absolute Gasteiger partial charge is 0.345 e. The minimum Gasteiger partial charge on any atom is -0.345 e. The van der Waals surface area contributed by atoms with Crippen molar-refractivity contribution in [2.24, 2.45) is 0 Å². The van der Waals surface area contributed by atoms with Gasteiger partial charge in [-0.1, -0.05) is 42.5 Å². The first kappa shape index (κ1) is 17.6. The second kappa shape index (κ2) is 7.35. The predicted octanol–water partition coefficient (Wildman–Crippen LogP) is 3.30. The Balaban J connectivity index is 1.80. The average molecular weight is 347 g/mol. The zero-order valence-corrected chi connectivity index (χ0v) is 15.1. The summed E-state index contributed by atoms with van der Waals surface area (Å²) in [4.78, 5) is 25.1. The number of ketones is 1. The fourth-order valence-corrected chi connectivity index (χ4v) is 2.97. The zero-order chi connectivity index (χ0) is 18.7. The Morgan fingerprint density at radius 1 is 0.962 bits per heavy atom. The highest BCUT2D eigenvalue weighted by Gasteiger charge is 2.24. The molecule has 0 bridgehead atoms. The standard InChI is InChI=1S/C21H21N3O2/c1-14-9-7-8-10-17(14)13-22-21(26)20(25)19-15(2)23-24(16(19)3)18-11-5-4-6-12-18/h4-12H,13H2,1-3H3,(H,22,26). The van der Waals surface area contributed by atoms with Gasteiger partial charge in [0, 0.05) is 6.54 Å². The molecule has 132 valence electrons. The van der Waals surface area contributed by atoms with Crippen LogP contribution in [0.25, 0.3) is 5.69 Å². The summed E-state index contributed by atoms with van der Waals surface area (Å²) in [5.41, 5.74) is 4.47. The van der Waals surface area contributed by atoms with Gasteiger partial charge < -0.3 is 5.32 Å². The van der Waals surface area contributed by atoms with Crippen molar-refractivity contribution in [3.8, 4) is 5.69 Å². The maximum atomic E-state index is 12.7. The number of benzene rings is 2. The molecule has 5 heteroatoms. The molecule has 0 spiro atoms. The van der Waals surface area contributed by atoms with Crippen LogP contribution in [0.15, 0.2) is 54.6 Å². The molecule has 0 aliphatic rings. The number of hydrogen-bond acceptors (Lipinski definition) is 3. The molecule has 5 nitrogen and oxygen atoms in total. The normalized spacial score (nSPS) is 10.6. The SMILES string of the molecule is Cc1ccccc1CNC(=O)C(=O)c1c(C)nn(-c2ccccc2)c1C. The number of Topliss-reactive ketones (excluding diaryl/α,β-unsaturated/α-hetero) is 1. The highest BCUT2D eigenvalue weighted by atomic mass is 16.2. The number of amides is 1. The third kappa shape index (κ3) is 3.42. The molecule has 0 aliphatic heterocycles. The fourth-order valence-electron chi connectivity index (χ4n) is 2.97. The van der Waals surface area contributed by atoms with E-state index in [1.807, 2.05) is 61.5 Å². The number of aryl methyl sites for hydroxylation is 2. The molecule has 1 amide bonds. The van der Waals surface area contributed by atoms with Gasteiger partial charge in [-0.15, -0.1) is 0 Å². The van der Waals surface area contributed by atoms with Crippen molar-refractivity contribution in [3.05, 3.63) is 82.7 Å². The molecule has 0 saturated heterocycles. The summed E-state index contributed by atoms with van der Waals surface area (Å²) in [6.45, 7) is 5.84. The number of para-hydroxylation sites is 1. The van der Waals surface area contributed by atoms with Crippen LogP contribution in [0.4, 0.5) is 0 Å². The number of hydrogen-bond donors (Lipinski definition) is 1. The van der Waals surface area contributed by atoms with Crippen molar-refractivity contribution in [1.82, 2.24) is 15.1 Å². The molecule has 2 aromatic carbocycles. The summed E-state index contributed by atoms with van der Waals surface area (Å²) < 4.78 is 1.69. The maximum Gasteiger partial charge on any atom is 0.292 e. The van der Waals surface area contributed by atoms with Crippen LogP contribution in [-0.4, -0.2) is 21.5 Å². The number of carbonyl (C=O) groups is 2. The molecule has 3 rings (SSSR count). The van der Waals surface area contributed by atoms with E-state index >= 15 is 0 Å². The molecule has 1 N–H and O–H groups in total. The average Bonchev–Trinajstić information content (AvgIpc) is 2.95. The van der Waals surface area contributed by atoms with Gasteiger partial charge in [-0.3, -0.25) is 9.59 Å². The summed E-state index contributed by atoms with van der Waals surface area (Å²) in [7, 11) is 0. The molecule has 26 heavy (non-hydrogen) atoms. The van der Waals surface area contributed by atoms with Gasteiger partial charge in [0.05, 0.1) is 22.6 Å². The molecular formula is C21H21N3O2. The summed E-state index contributed by atoms with van der Waals surface area (Å²) >= 11 is 0. The van der Waals surface area contributed by atoms with Crippen LogP contribution in [0.2, 0.25) is 0 Å². The lowest BCUT2D eigenvalue weighted by Crippen LogP contribution is -2.31. The maximum absolute atomic E-state index is 12.7. The lowest BCUT2D eigenvalue weighted by Gasteiger charge is -2.08. The number of nitrogens with one attached hydrogen (secondary N) is 1. The van der Waals surface area contributed by atoms with Crippen LogP contribution in [0.1, 0.15) is 32.9 Å². The Morgan fingerprint density at radius 2 is 1.62 bits per heavy atom. The highest BCUT2D eigenvalue weighted by molar-refractivity contribution is 6.43. The van der Waals surface area contributed by atoms with Crippen molar-refractivity contribution in [1.29, 1.82) is 0 Å². The number of nitrogens with zero attached hydrogens (tertiary/aromatic N) is 2. The Labute approximate surface area is 152 Å². The van der Waals surface area contributed by atoms with Gasteiger partial charge in [0.2, 0.25) is 0 Å². The molecule has 0 fully saturated rings. The van der Waals surface area contributed by atoms with Gasteiger partial charge in [0.25, 0.3) is 11.7 Å². The smallest absolute Gasteiger partial charge is 0.292 e. The van der Waals surface area contributed by atoms with E-state index in [9.17, 15) is 9.59 Å². The van der Waals surface area contributed by atoms with Gasteiger partial charge in [-0.25, -0.2) is 4.68 Å². The molecule has 0 atom stereocenters. The molecule has 0 aliphatic carbocycles. The highest BCUT2D eigenvalue weighted by Crippen LogP contribution is 2.18. The van der Waals surface area contributed by atoms with Gasteiger partial charge in [-0.05, 0) is 44.0 Å². The van der Waals surface area contributed by atoms with Crippen LogP contribution in [-0.2, 0) is 11.3 Å². The van der Waals surface area contributed by atoms with E-state index in [2.05, 4.69) is 10.4 Å². The zero-order valence-electron chi connectivity index (χ0n) is 15.1. The van der Waals surface area contributed by atoms with Crippen LogP contribution in [0.3, 0.4) is 0 Å². The topological polar surface area (TPSA) is 64.0 Å². The number of carbonyl (C=O) groups excluding carboxylic acids is 2. The van der Waals surface area contributed by atoms with E-state index in [1.165, 1.54) is 0 Å². The van der Waals surface area contributed by atoms with E-state index in [1.54, 1.807) is 18.5 Å². The molecular weight excluding hydrogens is 326 g/mol. The number of aromatic nitrogens is 2.